The molecule has 1 N–H and O–H groups in total. The molecule has 1 aliphatic carbocycles. The molecule has 1 aromatic rings. The Bertz CT molecular complexity index is 479. The molecule has 0 unspecified atom stereocenters. The summed E-state index contributed by atoms with van der Waals surface area (Å²) < 4.78 is 26.5. The van der Waals surface area contributed by atoms with Crippen LogP contribution in [0.15, 0.2) is 12.3 Å². The van der Waals surface area contributed by atoms with Crippen molar-refractivity contribution in [2.24, 2.45) is 5.92 Å². The van der Waals surface area contributed by atoms with Crippen molar-refractivity contribution in [2.75, 3.05) is 6.54 Å². The maximum atomic E-state index is 13.2. The van der Waals surface area contributed by atoms with E-state index in [1.54, 1.807) is 6.20 Å². The molecule has 2 fully saturated rings. The van der Waals surface area contributed by atoms with Crippen LogP contribution < -0.4 is 0 Å². The number of aromatic amines is 1. The molecule has 3 rings (SSSR count). The number of carbonyl (C=O) groups is 1. The number of amides is 1. The molecule has 0 bridgehead atoms. The van der Waals surface area contributed by atoms with E-state index in [0.29, 0.717) is 12.8 Å². The molecule has 116 valence electrons. The third kappa shape index (κ3) is 3.09. The van der Waals surface area contributed by atoms with Crippen molar-refractivity contribution in [1.29, 1.82) is 0 Å². The molecule has 1 atom stereocenters. The molecular weight excluding hydrogens is 276 g/mol. The van der Waals surface area contributed by atoms with Gasteiger partial charge in [-0.3, -0.25) is 9.89 Å². The number of nitrogens with one attached hydrogen (secondary N) is 1. The number of alkyl halides is 2. The minimum atomic E-state index is -2.58. The van der Waals surface area contributed by atoms with E-state index in [2.05, 4.69) is 10.2 Å². The highest BCUT2D eigenvalue weighted by Crippen LogP contribution is 2.39. The van der Waals surface area contributed by atoms with Gasteiger partial charge in [-0.05, 0) is 38.2 Å². The molecule has 1 aromatic heterocycles. The van der Waals surface area contributed by atoms with Gasteiger partial charge in [0.05, 0.1) is 11.7 Å². The topological polar surface area (TPSA) is 49.0 Å². The van der Waals surface area contributed by atoms with Gasteiger partial charge < -0.3 is 4.90 Å². The van der Waals surface area contributed by atoms with E-state index in [4.69, 9.17) is 0 Å². The van der Waals surface area contributed by atoms with Gasteiger partial charge in [-0.25, -0.2) is 8.78 Å². The van der Waals surface area contributed by atoms with Crippen LogP contribution in [-0.4, -0.2) is 33.5 Å². The summed E-state index contributed by atoms with van der Waals surface area (Å²) in [4.78, 5) is 14.6. The predicted octanol–water partition coefficient (Wildman–Crippen LogP) is 3.29. The Labute approximate surface area is 122 Å². The van der Waals surface area contributed by atoms with Crippen LogP contribution >= 0.6 is 0 Å². The van der Waals surface area contributed by atoms with Crippen molar-refractivity contribution in [1.82, 2.24) is 15.1 Å². The summed E-state index contributed by atoms with van der Waals surface area (Å²) in [5, 5.41) is 6.90. The number of carbonyl (C=O) groups excluding carboxylic acids is 1. The largest absolute Gasteiger partial charge is 0.334 e. The smallest absolute Gasteiger partial charge is 0.248 e. The first-order chi connectivity index (χ1) is 10.1. The van der Waals surface area contributed by atoms with Gasteiger partial charge >= 0.3 is 0 Å². The molecule has 0 spiro atoms. The number of hydrogen-bond acceptors (Lipinski definition) is 2. The van der Waals surface area contributed by atoms with Crippen molar-refractivity contribution in [3.05, 3.63) is 18.0 Å². The van der Waals surface area contributed by atoms with E-state index < -0.39 is 5.92 Å². The molecule has 2 heterocycles. The fourth-order valence-corrected chi connectivity index (χ4v) is 3.49. The number of hydrogen-bond donors (Lipinski definition) is 1. The molecule has 1 aliphatic heterocycles. The number of rotatable bonds is 2. The van der Waals surface area contributed by atoms with Crippen molar-refractivity contribution >= 4 is 5.91 Å². The van der Waals surface area contributed by atoms with Gasteiger partial charge in [0.1, 0.15) is 0 Å². The van der Waals surface area contributed by atoms with Crippen LogP contribution in [-0.2, 0) is 4.79 Å². The second-order valence-electron chi connectivity index (χ2n) is 6.19. The maximum Gasteiger partial charge on any atom is 0.248 e. The molecule has 4 nitrogen and oxygen atoms in total. The first-order valence-corrected chi connectivity index (χ1v) is 7.74. The monoisotopic (exact) mass is 297 g/mol. The highest BCUT2D eigenvalue weighted by molar-refractivity contribution is 5.79. The van der Waals surface area contributed by atoms with Crippen molar-refractivity contribution in [3.63, 3.8) is 0 Å². The number of aromatic nitrogens is 2. The molecular formula is C15H21F2N3O. The molecule has 1 saturated carbocycles. The average Bonchev–Trinajstić information content (AvgIpc) is 3.01. The van der Waals surface area contributed by atoms with E-state index in [-0.39, 0.29) is 30.7 Å². The SMILES string of the molecule is O=C(C1CCC(F)(F)CC1)N1CCCC[C@H]1c1ccn[nH]1. The Morgan fingerprint density at radius 1 is 1.29 bits per heavy atom. The van der Waals surface area contributed by atoms with Gasteiger partial charge in [0.25, 0.3) is 0 Å². The lowest BCUT2D eigenvalue weighted by atomic mass is 9.85. The standard InChI is InChI=1S/C15H21F2N3O/c16-15(17)7-4-11(5-8-15)14(21)20-10-2-1-3-13(20)12-6-9-18-19-12/h6,9,11,13H,1-5,7-8,10H2,(H,18,19)/t13-/m0/s1. The quantitative estimate of drug-likeness (QED) is 0.910. The average molecular weight is 297 g/mol. The van der Waals surface area contributed by atoms with E-state index in [1.807, 2.05) is 11.0 Å². The second kappa shape index (κ2) is 5.73. The van der Waals surface area contributed by atoms with Crippen molar-refractivity contribution < 1.29 is 13.6 Å². The van der Waals surface area contributed by atoms with Gasteiger partial charge in [0.2, 0.25) is 11.8 Å². The first kappa shape index (κ1) is 14.5. The van der Waals surface area contributed by atoms with Crippen LogP contribution in [0.25, 0.3) is 0 Å². The summed E-state index contributed by atoms with van der Waals surface area (Å²) in [6, 6.07) is 1.92. The fourth-order valence-electron chi connectivity index (χ4n) is 3.49. The molecule has 2 aliphatic rings. The van der Waals surface area contributed by atoms with E-state index in [1.165, 1.54) is 0 Å². The zero-order valence-corrected chi connectivity index (χ0v) is 12.0. The fraction of sp³-hybridized carbons (Fsp3) is 0.733. The Balaban J connectivity index is 1.70. The lowest BCUT2D eigenvalue weighted by Crippen LogP contribution is -2.43. The molecule has 1 amide bonds. The minimum Gasteiger partial charge on any atom is -0.334 e. The molecule has 0 radical (unpaired) electrons. The molecule has 6 heteroatoms. The molecule has 1 saturated heterocycles. The van der Waals surface area contributed by atoms with Crippen LogP contribution in [0.2, 0.25) is 0 Å². The number of piperidine rings is 1. The van der Waals surface area contributed by atoms with Gasteiger partial charge in [-0.15, -0.1) is 0 Å². The summed E-state index contributed by atoms with van der Waals surface area (Å²) in [6.45, 7) is 0.718. The number of nitrogens with zero attached hydrogens (tertiary/aromatic N) is 2. The third-order valence-electron chi connectivity index (χ3n) is 4.73. The van der Waals surface area contributed by atoms with Gasteiger partial charge in [-0.1, -0.05) is 0 Å². The van der Waals surface area contributed by atoms with E-state index >= 15 is 0 Å². The summed E-state index contributed by atoms with van der Waals surface area (Å²) >= 11 is 0. The van der Waals surface area contributed by atoms with Crippen LogP contribution in [0.1, 0.15) is 56.7 Å². The molecule has 21 heavy (non-hydrogen) atoms. The van der Waals surface area contributed by atoms with Crippen LogP contribution in [0.5, 0.6) is 0 Å². The maximum absolute atomic E-state index is 13.2. The molecule has 0 aromatic carbocycles. The van der Waals surface area contributed by atoms with Crippen molar-refractivity contribution in [2.45, 2.75) is 56.9 Å². The Morgan fingerprint density at radius 3 is 2.71 bits per heavy atom. The normalized spacial score (nSPS) is 26.8. The van der Waals surface area contributed by atoms with Gasteiger partial charge in [0, 0.05) is 31.5 Å². The zero-order valence-electron chi connectivity index (χ0n) is 12.0. The predicted molar refractivity (Wildman–Crippen MR) is 73.8 cm³/mol. The Hall–Kier alpha value is -1.46. The lowest BCUT2D eigenvalue weighted by molar-refractivity contribution is -0.143. The third-order valence-corrected chi connectivity index (χ3v) is 4.73. The second-order valence-corrected chi connectivity index (χ2v) is 6.19. The van der Waals surface area contributed by atoms with Gasteiger partial charge in [-0.2, -0.15) is 5.10 Å². The van der Waals surface area contributed by atoms with Crippen molar-refractivity contribution in [3.8, 4) is 0 Å². The zero-order chi connectivity index (χ0) is 14.9. The Morgan fingerprint density at radius 2 is 2.05 bits per heavy atom. The van der Waals surface area contributed by atoms with Crippen LogP contribution in [0, 0.1) is 5.92 Å². The highest BCUT2D eigenvalue weighted by Gasteiger charge is 2.40. The first-order valence-electron chi connectivity index (χ1n) is 7.74. The number of halogens is 2. The summed E-state index contributed by atoms with van der Waals surface area (Å²) in [6.07, 6.45) is 4.95. The van der Waals surface area contributed by atoms with E-state index in [0.717, 1.165) is 31.5 Å². The summed E-state index contributed by atoms with van der Waals surface area (Å²) in [5.74, 6) is -2.78. The number of likely N-dealkylation sites (tertiary alicyclic amines) is 1. The van der Waals surface area contributed by atoms with Gasteiger partial charge in [0.15, 0.2) is 0 Å². The van der Waals surface area contributed by atoms with Crippen LogP contribution in [0.4, 0.5) is 8.78 Å². The van der Waals surface area contributed by atoms with E-state index in [9.17, 15) is 13.6 Å². The highest BCUT2D eigenvalue weighted by atomic mass is 19.3. The lowest BCUT2D eigenvalue weighted by Gasteiger charge is -2.39. The Kier molecular flexibility index (Phi) is 3.95. The summed E-state index contributed by atoms with van der Waals surface area (Å²) in [5.41, 5.74) is 0.948. The minimum absolute atomic E-state index is 0.0242. The summed E-state index contributed by atoms with van der Waals surface area (Å²) in [7, 11) is 0. The number of H-pyrrole nitrogens is 1. The van der Waals surface area contributed by atoms with Crippen LogP contribution in [0.3, 0.4) is 0 Å².